The smallest absolute Gasteiger partial charge is 0.244 e. The Morgan fingerprint density at radius 2 is 1.76 bits per heavy atom. The molecule has 1 heterocycles. The van der Waals surface area contributed by atoms with E-state index in [0.717, 1.165) is 16.1 Å². The monoisotopic (exact) mass is 533 g/mol. The first-order valence-corrected chi connectivity index (χ1v) is 13.7. The van der Waals surface area contributed by atoms with Crippen molar-refractivity contribution in [3.05, 3.63) is 48.0 Å². The summed E-state index contributed by atoms with van der Waals surface area (Å²) in [5.74, 6) is 0.609. The molecule has 0 fully saturated rings. The molecule has 1 atom stereocenters. The molecular weight excluding hydrogens is 498 g/mol. The molecule has 1 aliphatic heterocycles. The van der Waals surface area contributed by atoms with E-state index >= 15 is 0 Å². The summed E-state index contributed by atoms with van der Waals surface area (Å²) in [5.41, 5.74) is 0.474. The first kappa shape index (κ1) is 28.1. The number of rotatable bonds is 9. The van der Waals surface area contributed by atoms with Crippen molar-refractivity contribution < 1.29 is 32.2 Å². The Labute approximate surface area is 218 Å². The van der Waals surface area contributed by atoms with Gasteiger partial charge in [0.25, 0.3) is 0 Å². The van der Waals surface area contributed by atoms with E-state index in [1.807, 2.05) is 26.8 Å². The largest absolute Gasteiger partial charge is 0.497 e. The number of hydrogen-bond donors (Lipinski definition) is 1. The number of nitrogens with zero attached hydrogens (tertiary/aromatic N) is 2. The summed E-state index contributed by atoms with van der Waals surface area (Å²) >= 11 is 0. The number of carbonyl (C=O) groups excluding carboxylic acids is 2. The third-order valence-electron chi connectivity index (χ3n) is 5.65. The molecule has 0 aromatic heterocycles. The molecular formula is C26H35N3O7S. The van der Waals surface area contributed by atoms with E-state index in [-0.39, 0.29) is 18.1 Å². The quantitative estimate of drug-likeness (QED) is 0.527. The Bertz CT molecular complexity index is 1240. The molecule has 10 nitrogen and oxygen atoms in total. The van der Waals surface area contributed by atoms with Crippen LogP contribution in [0.15, 0.2) is 42.5 Å². The summed E-state index contributed by atoms with van der Waals surface area (Å²) in [5, 5.41) is 2.89. The number of sulfonamides is 1. The van der Waals surface area contributed by atoms with Gasteiger partial charge in [0, 0.05) is 18.2 Å². The Kier molecular flexibility index (Phi) is 8.57. The molecule has 1 N–H and O–H groups in total. The number of carbonyl (C=O) groups is 2. The predicted octanol–water partition coefficient (Wildman–Crippen LogP) is 2.56. The SMILES string of the molecule is COc1cccc(CN(C(=O)CN(c2ccc3c(c2)OCCO3)S(C)(=O)=O)[C@H](C)C(=O)NC(C)(C)C)c1. The molecule has 11 heteroatoms. The van der Waals surface area contributed by atoms with Crippen LogP contribution in [0.25, 0.3) is 0 Å². The fourth-order valence-corrected chi connectivity index (χ4v) is 4.67. The standard InChI is InChI=1S/C26H35N3O7S/c1-18(25(31)27-26(2,3)4)28(16-19-8-7-9-21(14-19)34-5)24(30)17-29(37(6,32)33)20-10-11-22-23(15-20)36-13-12-35-22/h7-11,14-15,18H,12-13,16-17H2,1-6H3,(H,27,31)/t18-/m1/s1. The number of benzene rings is 2. The molecule has 2 aromatic rings. The van der Waals surface area contributed by atoms with Crippen LogP contribution in [-0.4, -0.2) is 69.8 Å². The summed E-state index contributed by atoms with van der Waals surface area (Å²) in [6.07, 6.45) is 1.03. The lowest BCUT2D eigenvalue weighted by molar-refractivity contribution is -0.140. The Hall–Kier alpha value is -3.47. The number of anilines is 1. The van der Waals surface area contributed by atoms with Gasteiger partial charge in [-0.15, -0.1) is 0 Å². The molecule has 202 valence electrons. The topological polar surface area (TPSA) is 114 Å². The van der Waals surface area contributed by atoms with Crippen molar-refractivity contribution in [1.82, 2.24) is 10.2 Å². The van der Waals surface area contributed by atoms with Crippen molar-refractivity contribution in [3.63, 3.8) is 0 Å². The number of fused-ring (bicyclic) bond motifs is 1. The maximum atomic E-state index is 13.7. The molecule has 0 spiro atoms. The maximum absolute atomic E-state index is 13.7. The van der Waals surface area contributed by atoms with Gasteiger partial charge in [-0.3, -0.25) is 13.9 Å². The molecule has 1 aliphatic rings. The minimum absolute atomic E-state index is 0.0769. The second kappa shape index (κ2) is 11.3. The Balaban J connectivity index is 1.94. The van der Waals surface area contributed by atoms with Crippen LogP contribution in [0.5, 0.6) is 17.2 Å². The van der Waals surface area contributed by atoms with Crippen LogP contribution < -0.4 is 23.8 Å². The van der Waals surface area contributed by atoms with Gasteiger partial charge in [0.1, 0.15) is 31.5 Å². The number of nitrogens with one attached hydrogen (secondary N) is 1. The van der Waals surface area contributed by atoms with Gasteiger partial charge < -0.3 is 24.4 Å². The zero-order valence-electron chi connectivity index (χ0n) is 22.1. The van der Waals surface area contributed by atoms with Gasteiger partial charge >= 0.3 is 0 Å². The highest BCUT2D eigenvalue weighted by atomic mass is 32.2. The molecule has 2 aromatic carbocycles. The molecule has 0 saturated heterocycles. The minimum atomic E-state index is -3.86. The summed E-state index contributed by atoms with van der Waals surface area (Å²) in [7, 11) is -2.32. The van der Waals surface area contributed by atoms with E-state index in [2.05, 4.69) is 5.32 Å². The summed E-state index contributed by atoms with van der Waals surface area (Å²) in [6.45, 7) is 7.46. The van der Waals surface area contributed by atoms with Crippen LogP contribution in [0.2, 0.25) is 0 Å². The van der Waals surface area contributed by atoms with E-state index in [1.165, 1.54) is 11.0 Å². The van der Waals surface area contributed by atoms with Crippen molar-refractivity contribution in [2.24, 2.45) is 0 Å². The van der Waals surface area contributed by atoms with Crippen molar-refractivity contribution in [2.75, 3.05) is 37.4 Å². The first-order valence-electron chi connectivity index (χ1n) is 11.9. The third kappa shape index (κ3) is 7.51. The number of amides is 2. The van der Waals surface area contributed by atoms with E-state index in [4.69, 9.17) is 14.2 Å². The van der Waals surface area contributed by atoms with Crippen LogP contribution >= 0.6 is 0 Å². The Morgan fingerprint density at radius 3 is 2.38 bits per heavy atom. The van der Waals surface area contributed by atoms with Gasteiger partial charge in [-0.1, -0.05) is 12.1 Å². The molecule has 0 saturated carbocycles. The summed E-state index contributed by atoms with van der Waals surface area (Å²) < 4.78 is 43.0. The van der Waals surface area contributed by atoms with Crippen molar-refractivity contribution in [3.8, 4) is 17.2 Å². The van der Waals surface area contributed by atoms with Crippen LogP contribution in [0.4, 0.5) is 5.69 Å². The van der Waals surface area contributed by atoms with Gasteiger partial charge in [-0.05, 0) is 57.5 Å². The lowest BCUT2D eigenvalue weighted by Gasteiger charge is -2.33. The summed E-state index contributed by atoms with van der Waals surface area (Å²) in [6, 6.07) is 11.0. The van der Waals surface area contributed by atoms with Crippen LogP contribution in [0, 0.1) is 0 Å². The normalized spacial score (nSPS) is 13.9. The average molecular weight is 534 g/mol. The third-order valence-corrected chi connectivity index (χ3v) is 6.79. The van der Waals surface area contributed by atoms with Crippen LogP contribution in [0.3, 0.4) is 0 Å². The number of hydrogen-bond acceptors (Lipinski definition) is 7. The molecule has 0 aliphatic carbocycles. The number of methoxy groups -OCH3 is 1. The van der Waals surface area contributed by atoms with Gasteiger partial charge in [0.2, 0.25) is 21.8 Å². The van der Waals surface area contributed by atoms with Gasteiger partial charge in [0.05, 0.1) is 19.1 Å². The molecule has 0 radical (unpaired) electrons. The fraction of sp³-hybridized carbons (Fsp3) is 0.462. The van der Waals surface area contributed by atoms with Crippen LogP contribution in [-0.2, 0) is 26.2 Å². The molecule has 37 heavy (non-hydrogen) atoms. The zero-order chi connectivity index (χ0) is 27.4. The number of ether oxygens (including phenoxy) is 3. The molecule has 0 bridgehead atoms. The summed E-state index contributed by atoms with van der Waals surface area (Å²) in [4.78, 5) is 28.1. The van der Waals surface area contributed by atoms with Crippen molar-refractivity contribution >= 4 is 27.5 Å². The average Bonchev–Trinajstić information content (AvgIpc) is 2.83. The van der Waals surface area contributed by atoms with Crippen LogP contribution in [0.1, 0.15) is 33.3 Å². The molecule has 0 unspecified atom stereocenters. The minimum Gasteiger partial charge on any atom is -0.497 e. The highest BCUT2D eigenvalue weighted by molar-refractivity contribution is 7.92. The van der Waals surface area contributed by atoms with E-state index in [0.29, 0.717) is 30.5 Å². The van der Waals surface area contributed by atoms with E-state index < -0.39 is 34.1 Å². The van der Waals surface area contributed by atoms with E-state index in [1.54, 1.807) is 44.4 Å². The van der Waals surface area contributed by atoms with Gasteiger partial charge in [-0.2, -0.15) is 0 Å². The molecule has 2 amide bonds. The highest BCUT2D eigenvalue weighted by Gasteiger charge is 2.32. The lowest BCUT2D eigenvalue weighted by Crippen LogP contribution is -2.54. The van der Waals surface area contributed by atoms with Gasteiger partial charge in [-0.25, -0.2) is 8.42 Å². The van der Waals surface area contributed by atoms with Gasteiger partial charge in [0.15, 0.2) is 11.5 Å². The highest BCUT2D eigenvalue weighted by Crippen LogP contribution is 2.34. The van der Waals surface area contributed by atoms with Crippen molar-refractivity contribution in [2.45, 2.75) is 45.8 Å². The maximum Gasteiger partial charge on any atom is 0.244 e. The van der Waals surface area contributed by atoms with Crippen molar-refractivity contribution in [1.29, 1.82) is 0 Å². The van der Waals surface area contributed by atoms with E-state index in [9.17, 15) is 18.0 Å². The zero-order valence-corrected chi connectivity index (χ0v) is 22.9. The fourth-order valence-electron chi connectivity index (χ4n) is 3.83. The molecule has 3 rings (SSSR count). The first-order chi connectivity index (χ1) is 17.3. The second-order valence-corrected chi connectivity index (χ2v) is 11.8. The predicted molar refractivity (Wildman–Crippen MR) is 141 cm³/mol. The Morgan fingerprint density at radius 1 is 1.08 bits per heavy atom. The second-order valence-electron chi connectivity index (χ2n) is 9.89. The lowest BCUT2D eigenvalue weighted by atomic mass is 10.1.